The van der Waals surface area contributed by atoms with Crippen LogP contribution in [0.4, 0.5) is 0 Å². The van der Waals surface area contributed by atoms with E-state index in [0.29, 0.717) is 38.9 Å². The minimum Gasteiger partial charge on any atom is -0.466 e. The molecule has 0 atom stereocenters. The van der Waals surface area contributed by atoms with Gasteiger partial charge in [0.15, 0.2) is 0 Å². The Morgan fingerprint density at radius 3 is 1.80 bits per heavy atom. The fourth-order valence-corrected chi connectivity index (χ4v) is 2.07. The van der Waals surface area contributed by atoms with E-state index in [2.05, 4.69) is 0 Å². The summed E-state index contributed by atoms with van der Waals surface area (Å²) in [5.41, 5.74) is 0. The maximum atomic E-state index is 11.4. The monoisotopic (exact) mass is 281 g/mol. The number of aromatic nitrogens is 1. The van der Waals surface area contributed by atoms with Gasteiger partial charge in [0, 0.05) is 31.3 Å². The second-order valence-corrected chi connectivity index (χ2v) is 4.47. The quantitative estimate of drug-likeness (QED) is 0.653. The summed E-state index contributed by atoms with van der Waals surface area (Å²) in [5, 5.41) is 0. The Labute approximate surface area is 119 Å². The van der Waals surface area contributed by atoms with E-state index in [-0.39, 0.29) is 18.0 Å². The van der Waals surface area contributed by atoms with Crippen molar-refractivity contribution >= 4 is 11.9 Å². The van der Waals surface area contributed by atoms with E-state index in [0.717, 1.165) is 0 Å². The van der Waals surface area contributed by atoms with E-state index < -0.39 is 0 Å². The van der Waals surface area contributed by atoms with Crippen LogP contribution in [0.1, 0.15) is 45.6 Å². The van der Waals surface area contributed by atoms with Crippen LogP contribution >= 0.6 is 0 Å². The number of nitrogens with zero attached hydrogens (tertiary/aromatic N) is 1. The van der Waals surface area contributed by atoms with Gasteiger partial charge in [-0.05, 0) is 38.8 Å². The zero-order valence-corrected chi connectivity index (χ0v) is 12.2. The molecule has 0 radical (unpaired) electrons. The van der Waals surface area contributed by atoms with Crippen LogP contribution in [0.15, 0.2) is 24.5 Å². The predicted octanol–water partition coefficient (Wildman–Crippen LogP) is 2.72. The molecular formula is C15H23NO4. The highest BCUT2D eigenvalue weighted by molar-refractivity contribution is 5.70. The Kier molecular flexibility index (Phi) is 7.47. The molecule has 0 spiro atoms. The van der Waals surface area contributed by atoms with Gasteiger partial charge in [0.1, 0.15) is 0 Å². The number of hydrogen-bond donors (Lipinski definition) is 0. The molecule has 0 aromatic carbocycles. The average molecular weight is 281 g/mol. The largest absolute Gasteiger partial charge is 0.466 e. The lowest BCUT2D eigenvalue weighted by Crippen LogP contribution is -2.14. The number of esters is 2. The summed E-state index contributed by atoms with van der Waals surface area (Å²) in [5.74, 6) is -0.387. The molecule has 20 heavy (non-hydrogen) atoms. The van der Waals surface area contributed by atoms with Crippen LogP contribution in [0, 0.1) is 0 Å². The smallest absolute Gasteiger partial charge is 0.305 e. The molecule has 1 heterocycles. The first kappa shape index (κ1) is 16.3. The Morgan fingerprint density at radius 2 is 1.40 bits per heavy atom. The van der Waals surface area contributed by atoms with Crippen molar-refractivity contribution in [3.63, 3.8) is 0 Å². The van der Waals surface area contributed by atoms with Crippen LogP contribution in [0.25, 0.3) is 0 Å². The molecule has 0 aliphatic rings. The maximum Gasteiger partial charge on any atom is 0.305 e. The summed E-state index contributed by atoms with van der Waals surface area (Å²) >= 11 is 0. The van der Waals surface area contributed by atoms with Crippen LogP contribution < -0.4 is 0 Å². The number of carbonyl (C=O) groups is 2. The highest BCUT2D eigenvalue weighted by atomic mass is 16.5. The Bertz CT molecular complexity index is 378. The molecule has 5 heteroatoms. The number of ether oxygens (including phenoxy) is 2. The first-order valence-electron chi connectivity index (χ1n) is 7.11. The molecule has 0 amide bonds. The van der Waals surface area contributed by atoms with Gasteiger partial charge in [0.05, 0.1) is 13.2 Å². The van der Waals surface area contributed by atoms with Gasteiger partial charge in [0.2, 0.25) is 0 Å². The molecule has 1 aromatic heterocycles. The van der Waals surface area contributed by atoms with Gasteiger partial charge in [-0.2, -0.15) is 0 Å². The van der Waals surface area contributed by atoms with Crippen molar-refractivity contribution in [2.45, 2.75) is 45.6 Å². The Balaban J connectivity index is 2.49. The summed E-state index contributed by atoms with van der Waals surface area (Å²) < 4.78 is 11.9. The third-order valence-electron chi connectivity index (χ3n) is 3.02. The molecule has 0 saturated heterocycles. The second kappa shape index (κ2) is 9.18. The molecule has 0 saturated carbocycles. The molecule has 1 rings (SSSR count). The van der Waals surface area contributed by atoms with Crippen molar-refractivity contribution in [3.05, 3.63) is 24.5 Å². The SMILES string of the molecule is CCOC(=O)CCC(CCC(=O)OCC)n1cccc1. The van der Waals surface area contributed by atoms with Gasteiger partial charge < -0.3 is 14.0 Å². The van der Waals surface area contributed by atoms with Gasteiger partial charge in [0.25, 0.3) is 0 Å². The fourth-order valence-electron chi connectivity index (χ4n) is 2.07. The van der Waals surface area contributed by atoms with Crippen LogP contribution in [0.2, 0.25) is 0 Å². The van der Waals surface area contributed by atoms with Crippen molar-refractivity contribution in [2.24, 2.45) is 0 Å². The van der Waals surface area contributed by atoms with Crippen molar-refractivity contribution in [1.82, 2.24) is 4.57 Å². The van der Waals surface area contributed by atoms with Crippen LogP contribution in [-0.2, 0) is 19.1 Å². The van der Waals surface area contributed by atoms with Crippen LogP contribution in [-0.4, -0.2) is 29.7 Å². The van der Waals surface area contributed by atoms with Crippen LogP contribution in [0.5, 0.6) is 0 Å². The first-order valence-corrected chi connectivity index (χ1v) is 7.11. The lowest BCUT2D eigenvalue weighted by molar-refractivity contribution is -0.143. The van der Waals surface area contributed by atoms with Crippen molar-refractivity contribution in [1.29, 1.82) is 0 Å². The van der Waals surface area contributed by atoms with Crippen molar-refractivity contribution in [3.8, 4) is 0 Å². The van der Waals surface area contributed by atoms with Gasteiger partial charge in [-0.1, -0.05) is 0 Å². The number of hydrogen-bond acceptors (Lipinski definition) is 4. The Hall–Kier alpha value is -1.78. The topological polar surface area (TPSA) is 57.5 Å². The molecule has 0 unspecified atom stereocenters. The minimum absolute atomic E-state index is 0.110. The average Bonchev–Trinajstić information content (AvgIpc) is 2.93. The molecule has 1 aromatic rings. The number of carbonyl (C=O) groups excluding carboxylic acids is 2. The van der Waals surface area contributed by atoms with Gasteiger partial charge in [-0.3, -0.25) is 9.59 Å². The molecule has 112 valence electrons. The third kappa shape index (κ3) is 5.91. The van der Waals surface area contributed by atoms with E-state index >= 15 is 0 Å². The summed E-state index contributed by atoms with van der Waals surface area (Å²) in [7, 11) is 0. The maximum absolute atomic E-state index is 11.4. The molecule has 0 aliphatic heterocycles. The van der Waals surface area contributed by atoms with Gasteiger partial charge >= 0.3 is 11.9 Å². The zero-order chi connectivity index (χ0) is 14.8. The minimum atomic E-state index is -0.194. The highest BCUT2D eigenvalue weighted by Gasteiger charge is 2.15. The molecular weight excluding hydrogens is 258 g/mol. The molecule has 0 fully saturated rings. The van der Waals surface area contributed by atoms with E-state index in [4.69, 9.17) is 9.47 Å². The van der Waals surface area contributed by atoms with E-state index in [1.807, 2.05) is 29.1 Å². The fraction of sp³-hybridized carbons (Fsp3) is 0.600. The number of rotatable bonds is 9. The lowest BCUT2D eigenvalue weighted by Gasteiger charge is -2.18. The Morgan fingerprint density at radius 1 is 0.950 bits per heavy atom. The van der Waals surface area contributed by atoms with E-state index in [9.17, 15) is 9.59 Å². The second-order valence-electron chi connectivity index (χ2n) is 4.47. The summed E-state index contributed by atoms with van der Waals surface area (Å²) in [6.45, 7) is 4.38. The van der Waals surface area contributed by atoms with Gasteiger partial charge in [-0.15, -0.1) is 0 Å². The molecule has 0 N–H and O–H groups in total. The van der Waals surface area contributed by atoms with Crippen molar-refractivity contribution in [2.75, 3.05) is 13.2 Å². The van der Waals surface area contributed by atoms with E-state index in [1.165, 1.54) is 0 Å². The summed E-state index contributed by atoms with van der Waals surface area (Å²) in [6, 6.07) is 3.97. The molecule has 0 bridgehead atoms. The molecule has 5 nitrogen and oxygen atoms in total. The first-order chi connectivity index (χ1) is 9.67. The normalized spacial score (nSPS) is 10.6. The summed E-state index contributed by atoms with van der Waals surface area (Å²) in [6.07, 6.45) is 5.93. The van der Waals surface area contributed by atoms with E-state index in [1.54, 1.807) is 13.8 Å². The standard InChI is InChI=1S/C15H23NO4/c1-3-19-14(17)9-7-13(16-11-5-6-12-16)8-10-15(18)20-4-2/h5-6,11-13H,3-4,7-10H2,1-2H3. The lowest BCUT2D eigenvalue weighted by atomic mass is 10.1. The van der Waals surface area contributed by atoms with Crippen LogP contribution in [0.3, 0.4) is 0 Å². The zero-order valence-electron chi connectivity index (χ0n) is 12.2. The predicted molar refractivity (Wildman–Crippen MR) is 75.2 cm³/mol. The third-order valence-corrected chi connectivity index (χ3v) is 3.02. The highest BCUT2D eigenvalue weighted by Crippen LogP contribution is 2.21. The summed E-state index contributed by atoms with van der Waals surface area (Å²) in [4.78, 5) is 22.9. The molecule has 0 aliphatic carbocycles. The van der Waals surface area contributed by atoms with Crippen molar-refractivity contribution < 1.29 is 19.1 Å². The van der Waals surface area contributed by atoms with Gasteiger partial charge in [-0.25, -0.2) is 0 Å².